The van der Waals surface area contributed by atoms with Crippen LogP contribution in [-0.2, 0) is 19.6 Å². The number of pyridine rings is 1. The maximum atomic E-state index is 14.1. The molecule has 32 heavy (non-hydrogen) atoms. The normalized spacial score (nSPS) is 14.1. The first-order valence-corrected chi connectivity index (χ1v) is 11.0. The van der Waals surface area contributed by atoms with Gasteiger partial charge in [-0.3, -0.25) is 14.3 Å². The van der Waals surface area contributed by atoms with E-state index >= 15 is 0 Å². The molecule has 0 unspecified atom stereocenters. The first kappa shape index (κ1) is 21.5. The smallest absolute Gasteiger partial charge is 0.283 e. The molecule has 3 aromatic rings. The van der Waals surface area contributed by atoms with Gasteiger partial charge in [0.15, 0.2) is 0 Å². The molecule has 1 aliphatic rings. The summed E-state index contributed by atoms with van der Waals surface area (Å²) in [5.41, 5.74) is -0.173. The standard InChI is InChI=1S/C21H14ClFN4O4S/c22-18-19(21(29)27(20(18)28)16-6-2-1-5-15(16)23)25-13-8-10-14(11-9-13)32(30,31)26-17-7-3-4-12-24-17/h1-12,25H,(H,24,26). The van der Waals surface area contributed by atoms with Crippen molar-refractivity contribution < 1.29 is 22.4 Å². The highest BCUT2D eigenvalue weighted by Crippen LogP contribution is 2.31. The molecule has 0 saturated heterocycles. The highest BCUT2D eigenvalue weighted by molar-refractivity contribution is 7.92. The molecule has 0 radical (unpaired) electrons. The van der Waals surface area contributed by atoms with E-state index in [1.807, 2.05) is 0 Å². The fourth-order valence-corrected chi connectivity index (χ4v) is 4.17. The maximum absolute atomic E-state index is 14.1. The largest absolute Gasteiger partial charge is 0.350 e. The van der Waals surface area contributed by atoms with Gasteiger partial charge in [0.2, 0.25) is 0 Å². The second-order valence-corrected chi connectivity index (χ2v) is 8.62. The average Bonchev–Trinajstić information content (AvgIpc) is 2.98. The number of carbonyl (C=O) groups is 2. The lowest BCUT2D eigenvalue weighted by Gasteiger charge is -2.15. The van der Waals surface area contributed by atoms with Crippen molar-refractivity contribution in [3.05, 3.63) is 89.5 Å². The van der Waals surface area contributed by atoms with Crippen LogP contribution < -0.4 is 14.9 Å². The summed E-state index contributed by atoms with van der Waals surface area (Å²) in [5.74, 6) is -2.30. The number of aromatic nitrogens is 1. The second-order valence-electron chi connectivity index (χ2n) is 6.56. The average molecular weight is 473 g/mol. The number of nitrogens with zero attached hydrogens (tertiary/aromatic N) is 2. The lowest BCUT2D eigenvalue weighted by atomic mass is 10.2. The zero-order chi connectivity index (χ0) is 22.9. The van der Waals surface area contributed by atoms with Crippen LogP contribution in [0, 0.1) is 5.82 Å². The van der Waals surface area contributed by atoms with Gasteiger partial charge in [0.25, 0.3) is 21.8 Å². The lowest BCUT2D eigenvalue weighted by Crippen LogP contribution is -2.33. The summed E-state index contributed by atoms with van der Waals surface area (Å²) in [6.45, 7) is 0. The summed E-state index contributed by atoms with van der Waals surface area (Å²) in [6.07, 6.45) is 1.45. The number of hydrogen-bond donors (Lipinski definition) is 2. The van der Waals surface area contributed by atoms with Crippen molar-refractivity contribution >= 4 is 50.6 Å². The topological polar surface area (TPSA) is 108 Å². The predicted octanol–water partition coefficient (Wildman–Crippen LogP) is 3.46. The number of rotatable bonds is 6. The SMILES string of the molecule is O=C1C(Cl)=C(Nc2ccc(S(=O)(=O)Nc3ccccn3)cc2)C(=O)N1c1ccccc1F. The molecule has 0 fully saturated rings. The summed E-state index contributed by atoms with van der Waals surface area (Å²) >= 11 is 6.03. The van der Waals surface area contributed by atoms with Crippen LogP contribution in [0.5, 0.6) is 0 Å². The molecule has 2 aromatic carbocycles. The molecule has 0 atom stereocenters. The van der Waals surface area contributed by atoms with Crippen LogP contribution in [0.2, 0.25) is 0 Å². The van der Waals surface area contributed by atoms with Crippen molar-refractivity contribution in [2.24, 2.45) is 0 Å². The molecule has 0 spiro atoms. The third-order valence-corrected chi connectivity index (χ3v) is 6.18. The van der Waals surface area contributed by atoms with Crippen molar-refractivity contribution in [3.63, 3.8) is 0 Å². The van der Waals surface area contributed by atoms with Crippen LogP contribution >= 0.6 is 11.6 Å². The van der Waals surface area contributed by atoms with Gasteiger partial charge in [-0.05, 0) is 48.5 Å². The Morgan fingerprint density at radius 2 is 1.59 bits per heavy atom. The number of halogens is 2. The Balaban J connectivity index is 1.54. The van der Waals surface area contributed by atoms with Crippen LogP contribution in [0.25, 0.3) is 0 Å². The van der Waals surface area contributed by atoms with E-state index in [0.717, 1.165) is 6.07 Å². The molecule has 2 amide bonds. The Morgan fingerprint density at radius 1 is 0.906 bits per heavy atom. The summed E-state index contributed by atoms with van der Waals surface area (Å²) < 4.78 is 41.4. The van der Waals surface area contributed by atoms with Crippen LogP contribution in [0.1, 0.15) is 0 Å². The first-order valence-electron chi connectivity index (χ1n) is 9.12. The van der Waals surface area contributed by atoms with E-state index in [0.29, 0.717) is 10.6 Å². The Bertz CT molecular complexity index is 1350. The number of benzene rings is 2. The van der Waals surface area contributed by atoms with Crippen molar-refractivity contribution in [3.8, 4) is 0 Å². The van der Waals surface area contributed by atoms with Crippen LogP contribution in [0.15, 0.2) is 88.6 Å². The van der Waals surface area contributed by atoms with Gasteiger partial charge in [-0.2, -0.15) is 0 Å². The third-order valence-electron chi connectivity index (χ3n) is 4.46. The molecule has 0 bridgehead atoms. The molecule has 2 N–H and O–H groups in total. The highest BCUT2D eigenvalue weighted by Gasteiger charge is 2.40. The van der Waals surface area contributed by atoms with Crippen LogP contribution in [0.4, 0.5) is 21.6 Å². The van der Waals surface area contributed by atoms with Gasteiger partial charge < -0.3 is 5.32 Å². The number of carbonyl (C=O) groups excluding carboxylic acids is 2. The number of amides is 2. The molecule has 2 heterocycles. The minimum Gasteiger partial charge on any atom is -0.350 e. The van der Waals surface area contributed by atoms with Gasteiger partial charge in [0.05, 0.1) is 10.6 Å². The van der Waals surface area contributed by atoms with Gasteiger partial charge in [-0.25, -0.2) is 22.7 Å². The van der Waals surface area contributed by atoms with Crippen LogP contribution in [0.3, 0.4) is 0 Å². The molecular formula is C21H14ClFN4O4S. The minimum atomic E-state index is -3.89. The van der Waals surface area contributed by atoms with E-state index in [-0.39, 0.29) is 22.1 Å². The molecule has 1 aromatic heterocycles. The number of nitrogens with one attached hydrogen (secondary N) is 2. The molecule has 8 nitrogen and oxygen atoms in total. The number of anilines is 3. The Morgan fingerprint density at radius 3 is 2.25 bits per heavy atom. The number of sulfonamides is 1. The lowest BCUT2D eigenvalue weighted by molar-refractivity contribution is -0.120. The van der Waals surface area contributed by atoms with Gasteiger partial charge in [0, 0.05) is 11.9 Å². The molecular weight excluding hydrogens is 459 g/mol. The zero-order valence-corrected chi connectivity index (χ0v) is 17.7. The Kier molecular flexibility index (Phi) is 5.64. The van der Waals surface area contributed by atoms with Crippen LogP contribution in [-0.4, -0.2) is 25.2 Å². The van der Waals surface area contributed by atoms with Crippen molar-refractivity contribution in [1.29, 1.82) is 0 Å². The molecule has 1 aliphatic heterocycles. The molecule has 0 saturated carbocycles. The summed E-state index contributed by atoms with van der Waals surface area (Å²) in [5, 5.41) is 2.29. The summed E-state index contributed by atoms with van der Waals surface area (Å²) in [4.78, 5) is 29.7. The fourth-order valence-electron chi connectivity index (χ4n) is 2.94. The van der Waals surface area contributed by atoms with E-state index < -0.39 is 32.7 Å². The third kappa shape index (κ3) is 4.05. The fraction of sp³-hybridized carbons (Fsp3) is 0. The molecule has 11 heteroatoms. The minimum absolute atomic E-state index is 0.0458. The Labute approximate surface area is 187 Å². The van der Waals surface area contributed by atoms with E-state index in [2.05, 4.69) is 15.0 Å². The van der Waals surface area contributed by atoms with E-state index in [9.17, 15) is 22.4 Å². The molecule has 4 rings (SSSR count). The monoisotopic (exact) mass is 472 g/mol. The van der Waals surface area contributed by atoms with Gasteiger partial charge >= 0.3 is 0 Å². The Hall–Kier alpha value is -3.76. The predicted molar refractivity (Wildman–Crippen MR) is 117 cm³/mol. The van der Waals surface area contributed by atoms with Crippen molar-refractivity contribution in [1.82, 2.24) is 4.98 Å². The zero-order valence-electron chi connectivity index (χ0n) is 16.1. The van der Waals surface area contributed by atoms with Crippen molar-refractivity contribution in [2.75, 3.05) is 14.9 Å². The van der Waals surface area contributed by atoms with E-state index in [1.54, 1.807) is 12.1 Å². The maximum Gasteiger partial charge on any atom is 0.283 e. The quantitative estimate of drug-likeness (QED) is 0.532. The number of para-hydroxylation sites is 1. The van der Waals surface area contributed by atoms with E-state index in [1.165, 1.54) is 54.7 Å². The summed E-state index contributed by atoms with van der Waals surface area (Å²) in [7, 11) is -3.89. The van der Waals surface area contributed by atoms with E-state index in [4.69, 9.17) is 11.6 Å². The van der Waals surface area contributed by atoms with Gasteiger partial charge in [0.1, 0.15) is 22.4 Å². The number of imide groups is 1. The summed E-state index contributed by atoms with van der Waals surface area (Å²) in [6, 6.07) is 15.5. The van der Waals surface area contributed by atoms with Crippen molar-refractivity contribution in [2.45, 2.75) is 4.90 Å². The van der Waals surface area contributed by atoms with Gasteiger partial charge in [-0.15, -0.1) is 0 Å². The highest BCUT2D eigenvalue weighted by atomic mass is 35.5. The molecule has 0 aliphatic carbocycles. The first-order chi connectivity index (χ1) is 15.3. The van der Waals surface area contributed by atoms with Gasteiger partial charge in [-0.1, -0.05) is 29.8 Å². The molecule has 162 valence electrons. The number of hydrogen-bond acceptors (Lipinski definition) is 6. The second kappa shape index (κ2) is 8.40.